The Morgan fingerprint density at radius 3 is 2.83 bits per heavy atom. The molecule has 4 nitrogen and oxygen atoms in total. The average Bonchev–Trinajstić information content (AvgIpc) is 2.32. The van der Waals surface area contributed by atoms with Crippen LogP contribution < -0.4 is 11.1 Å². The van der Waals surface area contributed by atoms with E-state index in [1.54, 1.807) is 12.1 Å². The summed E-state index contributed by atoms with van der Waals surface area (Å²) in [4.78, 5) is 15.7. The quantitative estimate of drug-likeness (QED) is 0.916. The Labute approximate surface area is 113 Å². The number of pyridine rings is 1. The molecule has 92 valence electrons. The molecule has 2 aromatic rings. The summed E-state index contributed by atoms with van der Waals surface area (Å²) in [5, 5.41) is 2.76. The number of rotatable bonds is 3. The molecule has 0 radical (unpaired) electrons. The number of hydrogen-bond donors (Lipinski definition) is 2. The lowest BCUT2D eigenvalue weighted by molar-refractivity contribution is -0.115. The van der Waals surface area contributed by atoms with Crippen molar-refractivity contribution in [3.05, 3.63) is 52.6 Å². The fourth-order valence-corrected chi connectivity index (χ4v) is 1.96. The number of hydrogen-bond acceptors (Lipinski definition) is 3. The highest BCUT2D eigenvalue weighted by Gasteiger charge is 2.04. The number of nitrogens with one attached hydrogen (secondary N) is 1. The molecule has 0 saturated carbocycles. The number of amides is 1. The summed E-state index contributed by atoms with van der Waals surface area (Å²) in [7, 11) is 0. The van der Waals surface area contributed by atoms with E-state index in [-0.39, 0.29) is 5.91 Å². The normalized spacial score (nSPS) is 10.1. The fourth-order valence-electron chi connectivity index (χ4n) is 1.52. The van der Waals surface area contributed by atoms with Gasteiger partial charge in [-0.25, -0.2) is 4.98 Å². The standard InChI is InChI=1S/C13H12BrN3O/c14-10-3-1-2-9(6-10)7-13(18)17-11-4-5-12(15)16-8-11/h1-6,8H,7H2,(H2,15,16)(H,17,18). The van der Waals surface area contributed by atoms with Crippen molar-refractivity contribution in [2.24, 2.45) is 0 Å². The molecule has 1 amide bonds. The number of nitrogens with two attached hydrogens (primary N) is 1. The van der Waals surface area contributed by atoms with Gasteiger partial charge in [-0.05, 0) is 29.8 Å². The minimum atomic E-state index is -0.0836. The highest BCUT2D eigenvalue weighted by Crippen LogP contribution is 2.13. The van der Waals surface area contributed by atoms with Crippen LogP contribution in [-0.2, 0) is 11.2 Å². The zero-order valence-corrected chi connectivity index (χ0v) is 11.1. The first-order chi connectivity index (χ1) is 8.63. The summed E-state index contributed by atoms with van der Waals surface area (Å²) in [5.74, 6) is 0.347. The molecular formula is C13H12BrN3O. The van der Waals surface area contributed by atoms with E-state index in [0.717, 1.165) is 10.0 Å². The van der Waals surface area contributed by atoms with Crippen molar-refractivity contribution in [3.8, 4) is 0 Å². The highest BCUT2D eigenvalue weighted by molar-refractivity contribution is 9.10. The van der Waals surface area contributed by atoms with Crippen LogP contribution in [0.1, 0.15) is 5.56 Å². The Kier molecular flexibility index (Phi) is 3.94. The Morgan fingerprint density at radius 1 is 1.33 bits per heavy atom. The fraction of sp³-hybridized carbons (Fsp3) is 0.0769. The lowest BCUT2D eigenvalue weighted by Gasteiger charge is -2.05. The van der Waals surface area contributed by atoms with Crippen molar-refractivity contribution in [2.75, 3.05) is 11.1 Å². The number of aromatic nitrogens is 1. The molecule has 0 spiro atoms. The van der Waals surface area contributed by atoms with E-state index in [2.05, 4.69) is 26.2 Å². The number of nitrogens with zero attached hydrogens (tertiary/aromatic N) is 1. The Morgan fingerprint density at radius 2 is 2.17 bits per heavy atom. The van der Waals surface area contributed by atoms with Crippen LogP contribution in [0.2, 0.25) is 0 Å². The molecule has 0 aliphatic rings. The number of carbonyl (C=O) groups excluding carboxylic acids is 1. The molecule has 0 bridgehead atoms. The van der Waals surface area contributed by atoms with Crippen LogP contribution in [0, 0.1) is 0 Å². The first-order valence-corrected chi connectivity index (χ1v) is 6.18. The van der Waals surface area contributed by atoms with E-state index in [1.165, 1.54) is 6.20 Å². The second-order valence-corrected chi connectivity index (χ2v) is 4.74. The van der Waals surface area contributed by atoms with E-state index >= 15 is 0 Å². The van der Waals surface area contributed by atoms with Crippen LogP contribution in [0.15, 0.2) is 47.1 Å². The second kappa shape index (κ2) is 5.64. The lowest BCUT2D eigenvalue weighted by Crippen LogP contribution is -2.14. The number of nitrogen functional groups attached to an aromatic ring is 1. The molecule has 3 N–H and O–H groups in total. The van der Waals surface area contributed by atoms with Crippen molar-refractivity contribution >= 4 is 33.3 Å². The van der Waals surface area contributed by atoms with Crippen molar-refractivity contribution in [1.82, 2.24) is 4.98 Å². The summed E-state index contributed by atoms with van der Waals surface area (Å²) in [6, 6.07) is 11.0. The monoisotopic (exact) mass is 305 g/mol. The minimum absolute atomic E-state index is 0.0836. The van der Waals surface area contributed by atoms with E-state index in [0.29, 0.717) is 17.9 Å². The molecule has 1 aromatic carbocycles. The highest BCUT2D eigenvalue weighted by atomic mass is 79.9. The van der Waals surface area contributed by atoms with Crippen LogP contribution in [0.5, 0.6) is 0 Å². The summed E-state index contributed by atoms with van der Waals surface area (Å²) in [5.41, 5.74) is 7.06. The zero-order valence-electron chi connectivity index (χ0n) is 9.56. The predicted molar refractivity (Wildman–Crippen MR) is 75.1 cm³/mol. The molecule has 1 aromatic heterocycles. The van der Waals surface area contributed by atoms with Gasteiger partial charge in [0.2, 0.25) is 5.91 Å². The van der Waals surface area contributed by atoms with Crippen molar-refractivity contribution in [2.45, 2.75) is 6.42 Å². The molecule has 0 fully saturated rings. The van der Waals surface area contributed by atoms with Crippen molar-refractivity contribution in [1.29, 1.82) is 0 Å². The Hall–Kier alpha value is -1.88. The molecule has 0 atom stereocenters. The Balaban J connectivity index is 1.98. The third-order valence-corrected chi connectivity index (χ3v) is 2.82. The maximum atomic E-state index is 11.8. The maximum Gasteiger partial charge on any atom is 0.228 e. The molecule has 1 heterocycles. The molecular weight excluding hydrogens is 294 g/mol. The van der Waals surface area contributed by atoms with Gasteiger partial charge in [-0.1, -0.05) is 28.1 Å². The topological polar surface area (TPSA) is 68.0 Å². The molecule has 5 heteroatoms. The number of benzene rings is 1. The van der Waals surface area contributed by atoms with Crippen molar-refractivity contribution in [3.63, 3.8) is 0 Å². The van der Waals surface area contributed by atoms with Crippen LogP contribution in [-0.4, -0.2) is 10.9 Å². The first kappa shape index (κ1) is 12.6. The van der Waals surface area contributed by atoms with E-state index in [9.17, 15) is 4.79 Å². The average molecular weight is 306 g/mol. The van der Waals surface area contributed by atoms with Crippen LogP contribution in [0.3, 0.4) is 0 Å². The van der Waals surface area contributed by atoms with Gasteiger partial charge in [-0.2, -0.15) is 0 Å². The van der Waals surface area contributed by atoms with Gasteiger partial charge in [0, 0.05) is 4.47 Å². The lowest BCUT2D eigenvalue weighted by atomic mass is 10.1. The van der Waals surface area contributed by atoms with Gasteiger partial charge in [0.05, 0.1) is 18.3 Å². The van der Waals surface area contributed by atoms with Gasteiger partial charge in [0.1, 0.15) is 5.82 Å². The van der Waals surface area contributed by atoms with E-state index in [1.807, 2.05) is 24.3 Å². The number of carbonyl (C=O) groups is 1. The molecule has 18 heavy (non-hydrogen) atoms. The third kappa shape index (κ3) is 3.56. The molecule has 0 aliphatic heterocycles. The van der Waals surface area contributed by atoms with Crippen LogP contribution >= 0.6 is 15.9 Å². The predicted octanol–water partition coefficient (Wildman–Crippen LogP) is 2.61. The van der Waals surface area contributed by atoms with E-state index in [4.69, 9.17) is 5.73 Å². The maximum absolute atomic E-state index is 11.8. The van der Waals surface area contributed by atoms with Gasteiger partial charge in [0.25, 0.3) is 0 Å². The minimum Gasteiger partial charge on any atom is -0.384 e. The number of anilines is 2. The zero-order chi connectivity index (χ0) is 13.0. The van der Waals surface area contributed by atoms with Crippen LogP contribution in [0.4, 0.5) is 11.5 Å². The van der Waals surface area contributed by atoms with Crippen molar-refractivity contribution < 1.29 is 4.79 Å². The molecule has 0 saturated heterocycles. The van der Waals surface area contributed by atoms with Gasteiger partial charge < -0.3 is 11.1 Å². The number of halogens is 1. The molecule has 0 aliphatic carbocycles. The van der Waals surface area contributed by atoms with E-state index < -0.39 is 0 Å². The summed E-state index contributed by atoms with van der Waals surface area (Å²) >= 11 is 3.37. The molecule has 0 unspecified atom stereocenters. The van der Waals surface area contributed by atoms with Gasteiger partial charge >= 0.3 is 0 Å². The van der Waals surface area contributed by atoms with Gasteiger partial charge in [-0.3, -0.25) is 4.79 Å². The summed E-state index contributed by atoms with van der Waals surface area (Å²) < 4.78 is 0.960. The SMILES string of the molecule is Nc1ccc(NC(=O)Cc2cccc(Br)c2)cn1. The van der Waals surface area contributed by atoms with Gasteiger partial charge in [-0.15, -0.1) is 0 Å². The third-order valence-electron chi connectivity index (χ3n) is 2.32. The first-order valence-electron chi connectivity index (χ1n) is 5.39. The van der Waals surface area contributed by atoms with Crippen LogP contribution in [0.25, 0.3) is 0 Å². The summed E-state index contributed by atoms with van der Waals surface area (Å²) in [6.07, 6.45) is 1.86. The smallest absolute Gasteiger partial charge is 0.228 e. The second-order valence-electron chi connectivity index (χ2n) is 3.83. The largest absolute Gasteiger partial charge is 0.384 e. The van der Waals surface area contributed by atoms with Gasteiger partial charge in [0.15, 0.2) is 0 Å². The molecule has 2 rings (SSSR count). The summed E-state index contributed by atoms with van der Waals surface area (Å²) in [6.45, 7) is 0. The Bertz CT molecular complexity index is 554.